The molecule has 0 saturated heterocycles. The molecular formula is C2H5N3Se. The van der Waals surface area contributed by atoms with Crippen LogP contribution in [0.3, 0.4) is 0 Å². The van der Waals surface area contributed by atoms with Gasteiger partial charge in [-0.1, -0.05) is 0 Å². The zero-order valence-corrected chi connectivity index (χ0v) is 4.88. The Morgan fingerprint density at radius 2 is 2.83 bits per heavy atom. The second-order valence-electron chi connectivity index (χ2n) is 0.956. The standard InChI is InChI=1S/C2H5N3Se/c3-5-2-6-1-4-5/h1H,2-3H2. The third-order valence-corrected chi connectivity index (χ3v) is 1.86. The monoisotopic (exact) mass is 151 g/mol. The van der Waals surface area contributed by atoms with E-state index in [-0.39, 0.29) is 0 Å². The van der Waals surface area contributed by atoms with E-state index in [0.29, 0.717) is 15.0 Å². The summed E-state index contributed by atoms with van der Waals surface area (Å²) >= 11 is 0.550. The van der Waals surface area contributed by atoms with Crippen molar-refractivity contribution in [3.63, 3.8) is 0 Å². The van der Waals surface area contributed by atoms with E-state index >= 15 is 0 Å². The number of hydrazone groups is 1. The molecule has 0 saturated carbocycles. The summed E-state index contributed by atoms with van der Waals surface area (Å²) in [6, 6.07) is 0. The van der Waals surface area contributed by atoms with Crippen molar-refractivity contribution in [3.8, 4) is 0 Å². The van der Waals surface area contributed by atoms with Crippen LogP contribution in [-0.2, 0) is 0 Å². The average molecular weight is 150 g/mol. The first-order valence-electron chi connectivity index (χ1n) is 1.56. The fourth-order valence-electron chi connectivity index (χ4n) is 0.237. The second kappa shape index (κ2) is 1.60. The van der Waals surface area contributed by atoms with Crippen LogP contribution in [0.1, 0.15) is 0 Å². The van der Waals surface area contributed by atoms with Gasteiger partial charge in [-0.3, -0.25) is 0 Å². The molecule has 0 aromatic carbocycles. The molecular weight excluding hydrogens is 145 g/mol. The van der Waals surface area contributed by atoms with E-state index in [0.717, 1.165) is 5.44 Å². The van der Waals surface area contributed by atoms with Gasteiger partial charge in [0.1, 0.15) is 0 Å². The second-order valence-corrected chi connectivity index (χ2v) is 2.64. The van der Waals surface area contributed by atoms with Gasteiger partial charge < -0.3 is 0 Å². The first-order valence-corrected chi connectivity index (χ1v) is 3.76. The van der Waals surface area contributed by atoms with Crippen LogP contribution in [0.25, 0.3) is 0 Å². The predicted octanol–water partition coefficient (Wildman–Crippen LogP) is -1.22. The van der Waals surface area contributed by atoms with E-state index in [4.69, 9.17) is 5.84 Å². The molecule has 0 bridgehead atoms. The van der Waals surface area contributed by atoms with Crippen molar-refractivity contribution >= 4 is 20.1 Å². The summed E-state index contributed by atoms with van der Waals surface area (Å²) in [6.45, 7) is 0. The fraction of sp³-hybridized carbons (Fsp3) is 0.500. The number of nitrogens with two attached hydrogens (primary N) is 1. The summed E-state index contributed by atoms with van der Waals surface area (Å²) in [4.78, 5) is 0. The van der Waals surface area contributed by atoms with Crippen LogP contribution in [-0.4, -0.2) is 30.6 Å². The third-order valence-electron chi connectivity index (χ3n) is 0.477. The molecule has 0 aliphatic carbocycles. The Bertz CT molecular complexity index is 71.2. The van der Waals surface area contributed by atoms with Crippen molar-refractivity contribution in [1.29, 1.82) is 0 Å². The SMILES string of the molecule is NN1C[Se]C=N1. The zero-order valence-electron chi connectivity index (χ0n) is 3.16. The summed E-state index contributed by atoms with van der Waals surface area (Å²) < 4.78 is 0. The Labute approximate surface area is 42.3 Å². The molecule has 0 aromatic rings. The number of hydrogen-bond acceptors (Lipinski definition) is 3. The summed E-state index contributed by atoms with van der Waals surface area (Å²) in [7, 11) is 0. The molecule has 0 radical (unpaired) electrons. The number of hydrogen-bond donors (Lipinski definition) is 1. The Hall–Kier alpha value is -0.0505. The maximum absolute atomic E-state index is 5.19. The molecule has 4 heteroatoms. The first kappa shape index (κ1) is 4.12. The van der Waals surface area contributed by atoms with Crippen LogP contribution in [0.4, 0.5) is 0 Å². The van der Waals surface area contributed by atoms with E-state index in [1.165, 1.54) is 5.12 Å². The number of rotatable bonds is 0. The van der Waals surface area contributed by atoms with Gasteiger partial charge in [0, 0.05) is 0 Å². The quantitative estimate of drug-likeness (QED) is 0.347. The molecule has 3 nitrogen and oxygen atoms in total. The molecule has 0 aromatic heterocycles. The van der Waals surface area contributed by atoms with Crippen molar-refractivity contribution in [2.75, 3.05) is 5.44 Å². The molecule has 1 rings (SSSR count). The topological polar surface area (TPSA) is 41.6 Å². The van der Waals surface area contributed by atoms with E-state index in [9.17, 15) is 0 Å². The molecule has 0 spiro atoms. The maximum atomic E-state index is 5.19. The van der Waals surface area contributed by atoms with E-state index < -0.39 is 0 Å². The van der Waals surface area contributed by atoms with Crippen LogP contribution < -0.4 is 5.84 Å². The van der Waals surface area contributed by atoms with Gasteiger partial charge in [-0.25, -0.2) is 0 Å². The van der Waals surface area contributed by atoms with Crippen LogP contribution in [0, 0.1) is 0 Å². The van der Waals surface area contributed by atoms with E-state index in [1.807, 2.05) is 5.11 Å². The van der Waals surface area contributed by atoms with Gasteiger partial charge in [0.15, 0.2) is 0 Å². The van der Waals surface area contributed by atoms with Crippen LogP contribution in [0.15, 0.2) is 5.10 Å². The number of hydrazine groups is 1. The molecule has 0 fully saturated rings. The molecule has 1 heterocycles. The van der Waals surface area contributed by atoms with E-state index in [1.54, 1.807) is 0 Å². The van der Waals surface area contributed by atoms with Crippen molar-refractivity contribution in [2.24, 2.45) is 10.9 Å². The zero-order chi connectivity index (χ0) is 4.41. The van der Waals surface area contributed by atoms with Gasteiger partial charge >= 0.3 is 41.6 Å². The third kappa shape index (κ3) is 0.711. The van der Waals surface area contributed by atoms with Crippen LogP contribution in [0.5, 0.6) is 0 Å². The van der Waals surface area contributed by atoms with Crippen molar-refractivity contribution in [3.05, 3.63) is 0 Å². The molecule has 0 atom stereocenters. The summed E-state index contributed by atoms with van der Waals surface area (Å²) in [5.74, 6) is 5.19. The Morgan fingerprint density at radius 1 is 2.00 bits per heavy atom. The summed E-state index contributed by atoms with van der Waals surface area (Å²) in [5, 5.41) is 7.08. The van der Waals surface area contributed by atoms with Gasteiger partial charge in [0.05, 0.1) is 0 Å². The van der Waals surface area contributed by atoms with Crippen molar-refractivity contribution in [2.45, 2.75) is 0 Å². The Balaban J connectivity index is 2.38. The van der Waals surface area contributed by atoms with Gasteiger partial charge in [0.2, 0.25) is 0 Å². The molecule has 2 N–H and O–H groups in total. The minimum absolute atomic E-state index is 0.550. The van der Waals surface area contributed by atoms with E-state index in [2.05, 4.69) is 5.10 Å². The molecule has 6 heavy (non-hydrogen) atoms. The molecule has 1 aliphatic rings. The molecule has 1 aliphatic heterocycles. The fourth-order valence-corrected chi connectivity index (χ4v) is 1.23. The predicted molar refractivity (Wildman–Crippen MR) is 25.1 cm³/mol. The minimum atomic E-state index is 0.550. The van der Waals surface area contributed by atoms with Crippen molar-refractivity contribution in [1.82, 2.24) is 5.12 Å². The first-order chi connectivity index (χ1) is 2.89. The van der Waals surface area contributed by atoms with Gasteiger partial charge in [-0.05, 0) is 0 Å². The normalized spacial score (nSPS) is 19.8. The van der Waals surface area contributed by atoms with Crippen LogP contribution >= 0.6 is 0 Å². The molecule has 0 unspecified atom stereocenters. The van der Waals surface area contributed by atoms with Crippen LogP contribution in [0.2, 0.25) is 0 Å². The Morgan fingerprint density at radius 3 is 3.00 bits per heavy atom. The molecule has 0 amide bonds. The molecule has 34 valence electrons. The summed E-state index contributed by atoms with van der Waals surface area (Å²) in [5.41, 5.74) is 0.938. The van der Waals surface area contributed by atoms with Gasteiger partial charge in [0.25, 0.3) is 0 Å². The van der Waals surface area contributed by atoms with Gasteiger partial charge in [-0.2, -0.15) is 0 Å². The Kier molecular flexibility index (Phi) is 1.10. The summed E-state index contributed by atoms with van der Waals surface area (Å²) in [6.07, 6.45) is 0. The number of nitrogens with zero attached hydrogens (tertiary/aromatic N) is 2. The van der Waals surface area contributed by atoms with Gasteiger partial charge in [-0.15, -0.1) is 0 Å². The average Bonchev–Trinajstić information content (AvgIpc) is 1.86. The van der Waals surface area contributed by atoms with Crippen molar-refractivity contribution < 1.29 is 0 Å².